The number of amides is 1. The summed E-state index contributed by atoms with van der Waals surface area (Å²) in [6, 6.07) is 13.0. The summed E-state index contributed by atoms with van der Waals surface area (Å²) in [6.07, 6.45) is 1.84. The number of non-ortho nitro benzene ring substituents is 1. The van der Waals surface area contributed by atoms with Crippen molar-refractivity contribution in [3.05, 3.63) is 67.8 Å². The van der Waals surface area contributed by atoms with Gasteiger partial charge in [-0.05, 0) is 71.2 Å². The summed E-state index contributed by atoms with van der Waals surface area (Å²) in [5, 5.41) is 18.2. The van der Waals surface area contributed by atoms with Crippen molar-refractivity contribution in [2.75, 3.05) is 5.32 Å². The normalized spacial score (nSPS) is 26.2. The highest BCUT2D eigenvalue weighted by atomic mass is 127. The highest BCUT2D eigenvalue weighted by Gasteiger charge is 2.71. The first-order chi connectivity index (χ1) is 15.5. The Balaban J connectivity index is 1.57. The molecule has 2 aromatic rings. The molecule has 2 atom stereocenters. The quantitative estimate of drug-likeness (QED) is 0.222. The predicted molar refractivity (Wildman–Crippen MR) is 132 cm³/mol. The number of nitro benzene ring substituents is 1. The van der Waals surface area contributed by atoms with Crippen molar-refractivity contribution >= 4 is 51.6 Å². The van der Waals surface area contributed by atoms with Crippen LogP contribution in [-0.2, 0) is 9.63 Å². The van der Waals surface area contributed by atoms with Crippen LogP contribution in [0.2, 0.25) is 0 Å². The fourth-order valence-electron chi connectivity index (χ4n) is 5.20. The molecule has 0 aliphatic heterocycles. The van der Waals surface area contributed by atoms with Crippen molar-refractivity contribution in [1.82, 2.24) is 0 Å². The topological polar surface area (TPSA) is 111 Å². The maximum absolute atomic E-state index is 13.5. The van der Waals surface area contributed by atoms with Crippen LogP contribution < -0.4 is 5.32 Å². The molecule has 9 heteroatoms. The van der Waals surface area contributed by atoms with Gasteiger partial charge in [-0.2, -0.15) is 0 Å². The Kier molecular flexibility index (Phi) is 5.80. The van der Waals surface area contributed by atoms with Crippen molar-refractivity contribution in [2.45, 2.75) is 40.0 Å². The van der Waals surface area contributed by atoms with E-state index in [2.05, 4.69) is 53.8 Å². The zero-order valence-corrected chi connectivity index (χ0v) is 20.7. The fourth-order valence-corrected chi connectivity index (χ4v) is 5.56. The van der Waals surface area contributed by atoms with Crippen molar-refractivity contribution in [1.29, 1.82) is 0 Å². The van der Waals surface area contributed by atoms with E-state index in [9.17, 15) is 19.7 Å². The molecule has 2 aliphatic carbocycles. The van der Waals surface area contributed by atoms with Gasteiger partial charge < -0.3 is 10.2 Å². The van der Waals surface area contributed by atoms with Crippen LogP contribution in [0.5, 0.6) is 0 Å². The van der Waals surface area contributed by atoms with Crippen molar-refractivity contribution in [3.63, 3.8) is 0 Å². The molecule has 0 radical (unpaired) electrons. The summed E-state index contributed by atoms with van der Waals surface area (Å²) in [6.45, 7) is 6.19. The third kappa shape index (κ3) is 3.71. The molecule has 0 heterocycles. The lowest BCUT2D eigenvalue weighted by Crippen LogP contribution is -2.43. The minimum absolute atomic E-state index is 0.0484. The molecule has 2 bridgehead atoms. The van der Waals surface area contributed by atoms with Gasteiger partial charge in [-0.1, -0.05) is 32.0 Å². The second-order valence-electron chi connectivity index (χ2n) is 9.40. The Morgan fingerprint density at radius 3 is 2.48 bits per heavy atom. The summed E-state index contributed by atoms with van der Waals surface area (Å²) >= 11 is 2.22. The van der Waals surface area contributed by atoms with E-state index < -0.39 is 27.1 Å². The number of carbonyl (C=O) groups excluding carboxylic acids is 2. The van der Waals surface area contributed by atoms with Gasteiger partial charge in [0.1, 0.15) is 0 Å². The number of fused-ring (bicyclic) bond motifs is 2. The molecule has 0 aromatic heterocycles. The fraction of sp³-hybridized carbons (Fsp3) is 0.375. The average Bonchev–Trinajstić information content (AvgIpc) is 3.09. The number of benzene rings is 2. The lowest BCUT2D eigenvalue weighted by molar-refractivity contribution is -0.384. The Morgan fingerprint density at radius 1 is 1.12 bits per heavy atom. The summed E-state index contributed by atoms with van der Waals surface area (Å²) in [7, 11) is 0. The molecular formula is C24H24IN3O5. The number of nitrogens with one attached hydrogen (secondary N) is 1. The molecule has 2 unspecified atom stereocenters. The third-order valence-electron chi connectivity index (χ3n) is 7.80. The number of hydrogen-bond donors (Lipinski definition) is 1. The first kappa shape index (κ1) is 23.3. The van der Waals surface area contributed by atoms with Crippen LogP contribution in [-0.4, -0.2) is 22.5 Å². The molecule has 0 saturated heterocycles. The van der Waals surface area contributed by atoms with E-state index in [0.717, 1.165) is 21.7 Å². The molecule has 2 aliphatic rings. The van der Waals surface area contributed by atoms with Crippen LogP contribution >= 0.6 is 22.6 Å². The van der Waals surface area contributed by atoms with E-state index in [1.807, 2.05) is 24.3 Å². The van der Waals surface area contributed by atoms with Gasteiger partial charge in [-0.15, -0.1) is 0 Å². The van der Waals surface area contributed by atoms with Crippen LogP contribution in [0.15, 0.2) is 53.7 Å². The molecule has 0 spiro atoms. The van der Waals surface area contributed by atoms with E-state index in [4.69, 9.17) is 4.84 Å². The second kappa shape index (κ2) is 8.19. The second-order valence-corrected chi connectivity index (χ2v) is 10.6. The highest BCUT2D eigenvalue weighted by Crippen LogP contribution is 2.71. The Bertz CT molecular complexity index is 1180. The van der Waals surface area contributed by atoms with E-state index in [0.29, 0.717) is 18.6 Å². The molecule has 1 amide bonds. The Labute approximate surface area is 205 Å². The number of anilines is 1. The van der Waals surface area contributed by atoms with Gasteiger partial charge in [0, 0.05) is 33.2 Å². The number of nitro groups is 1. The number of oxime groups is 1. The summed E-state index contributed by atoms with van der Waals surface area (Å²) in [4.78, 5) is 41.6. The molecule has 2 fully saturated rings. The molecule has 33 heavy (non-hydrogen) atoms. The van der Waals surface area contributed by atoms with Crippen molar-refractivity contribution in [3.8, 4) is 0 Å². The monoisotopic (exact) mass is 561 g/mol. The van der Waals surface area contributed by atoms with Gasteiger partial charge >= 0.3 is 5.97 Å². The Hall–Kier alpha value is -2.82. The standard InChI is InChI=1S/C24H24IN3O5/c1-22(2)23(3)11-12-24(22,21(30)26-17-9-7-16(25)8-10-17)14-19(23)27-33-20(29)15-5-4-6-18(13-15)28(31)32/h4-10,13H,11-12,14H2,1-3H3,(H,26,30)/b27-19+. The highest BCUT2D eigenvalue weighted by molar-refractivity contribution is 14.1. The van der Waals surface area contributed by atoms with Crippen LogP contribution in [0, 0.1) is 29.9 Å². The first-order valence-electron chi connectivity index (χ1n) is 10.6. The van der Waals surface area contributed by atoms with E-state index >= 15 is 0 Å². The average molecular weight is 561 g/mol. The minimum Gasteiger partial charge on any atom is -0.326 e. The van der Waals surface area contributed by atoms with E-state index in [1.165, 1.54) is 18.2 Å². The number of nitrogens with zero attached hydrogens (tertiary/aromatic N) is 2. The van der Waals surface area contributed by atoms with Crippen molar-refractivity contribution < 1.29 is 19.3 Å². The number of hydrogen-bond acceptors (Lipinski definition) is 6. The molecule has 4 rings (SSSR count). The first-order valence-corrected chi connectivity index (χ1v) is 11.7. The van der Waals surface area contributed by atoms with Crippen molar-refractivity contribution in [2.24, 2.45) is 21.4 Å². The van der Waals surface area contributed by atoms with Gasteiger partial charge in [-0.25, -0.2) is 4.79 Å². The maximum Gasteiger partial charge on any atom is 0.365 e. The lowest BCUT2D eigenvalue weighted by Gasteiger charge is -2.39. The van der Waals surface area contributed by atoms with Crippen LogP contribution in [0.3, 0.4) is 0 Å². The number of carbonyl (C=O) groups is 2. The van der Waals surface area contributed by atoms with E-state index in [1.54, 1.807) is 0 Å². The van der Waals surface area contributed by atoms with Crippen LogP contribution in [0.1, 0.15) is 50.4 Å². The third-order valence-corrected chi connectivity index (χ3v) is 8.52. The maximum atomic E-state index is 13.5. The van der Waals surface area contributed by atoms with Gasteiger partial charge in [0.25, 0.3) is 5.69 Å². The molecule has 2 saturated carbocycles. The number of halogens is 1. The lowest BCUT2D eigenvalue weighted by atomic mass is 9.64. The predicted octanol–water partition coefficient (Wildman–Crippen LogP) is 5.57. The zero-order valence-electron chi connectivity index (χ0n) is 18.6. The smallest absolute Gasteiger partial charge is 0.326 e. The summed E-state index contributed by atoms with van der Waals surface area (Å²) in [5.41, 5.74) is -0.258. The molecule has 8 nitrogen and oxygen atoms in total. The molecule has 172 valence electrons. The molecular weight excluding hydrogens is 537 g/mol. The molecule has 2 aromatic carbocycles. The summed E-state index contributed by atoms with van der Waals surface area (Å²) in [5.74, 6) is -0.833. The van der Waals surface area contributed by atoms with E-state index in [-0.39, 0.29) is 17.2 Å². The zero-order chi connectivity index (χ0) is 24.0. The van der Waals surface area contributed by atoms with Gasteiger partial charge in [0.05, 0.1) is 21.6 Å². The SMILES string of the molecule is CC12CCC(C(=O)Nc3ccc(I)cc3)(C/C1=N\OC(=O)c1cccc([N+](=O)[O-])c1)C2(C)C. The van der Waals surface area contributed by atoms with Crippen LogP contribution in [0.4, 0.5) is 11.4 Å². The summed E-state index contributed by atoms with van der Waals surface area (Å²) < 4.78 is 1.08. The minimum atomic E-state index is -0.771. The van der Waals surface area contributed by atoms with Crippen LogP contribution in [0.25, 0.3) is 0 Å². The Morgan fingerprint density at radius 2 is 1.82 bits per heavy atom. The van der Waals surface area contributed by atoms with Gasteiger partial charge in [0.15, 0.2) is 0 Å². The molecule has 1 N–H and O–H groups in total. The largest absolute Gasteiger partial charge is 0.365 e. The van der Waals surface area contributed by atoms with Gasteiger partial charge in [0.2, 0.25) is 5.91 Å². The number of rotatable bonds is 5. The van der Waals surface area contributed by atoms with Gasteiger partial charge in [-0.3, -0.25) is 14.9 Å².